The van der Waals surface area contributed by atoms with Gasteiger partial charge in [0.2, 0.25) is 0 Å². The summed E-state index contributed by atoms with van der Waals surface area (Å²) in [5, 5.41) is 21.1. The lowest BCUT2D eigenvalue weighted by atomic mass is 10.0. The maximum Gasteiger partial charge on any atom is 0.269 e. The molecule has 6 nitrogen and oxygen atoms in total. The number of likely N-dealkylation sites (tertiary alicyclic amines) is 1. The molecule has 2 heterocycles. The van der Waals surface area contributed by atoms with Crippen LogP contribution in [0.15, 0.2) is 47.1 Å². The summed E-state index contributed by atoms with van der Waals surface area (Å²) in [6.07, 6.45) is 3.66. The summed E-state index contributed by atoms with van der Waals surface area (Å²) in [4.78, 5) is 12.8. The average Bonchev–Trinajstić information content (AvgIpc) is 3.20. The van der Waals surface area contributed by atoms with Gasteiger partial charge in [0.1, 0.15) is 11.9 Å². The minimum atomic E-state index is -0.610. The van der Waals surface area contributed by atoms with Crippen LogP contribution in [-0.2, 0) is 6.54 Å². The predicted molar refractivity (Wildman–Crippen MR) is 84.8 cm³/mol. The van der Waals surface area contributed by atoms with Gasteiger partial charge in [-0.15, -0.1) is 0 Å². The molecule has 1 N–H and O–H groups in total. The van der Waals surface area contributed by atoms with Crippen LogP contribution in [-0.4, -0.2) is 27.5 Å². The number of hydrogen-bond acceptors (Lipinski definition) is 5. The number of nitrogens with zero attached hydrogens (tertiary/aromatic N) is 2. The van der Waals surface area contributed by atoms with Crippen LogP contribution in [0, 0.1) is 10.1 Å². The Balaban J connectivity index is 1.65. The molecule has 1 aliphatic rings. The number of hydrogen-bond donors (Lipinski definition) is 1. The van der Waals surface area contributed by atoms with Crippen molar-refractivity contribution in [2.45, 2.75) is 38.0 Å². The third-order valence-corrected chi connectivity index (χ3v) is 4.37. The van der Waals surface area contributed by atoms with E-state index in [1.54, 1.807) is 30.5 Å². The maximum atomic E-state index is 10.9. The van der Waals surface area contributed by atoms with Gasteiger partial charge in [0.15, 0.2) is 0 Å². The lowest BCUT2D eigenvalue weighted by Gasteiger charge is -2.25. The van der Waals surface area contributed by atoms with E-state index in [-0.39, 0.29) is 16.7 Å². The quantitative estimate of drug-likeness (QED) is 0.653. The zero-order valence-electron chi connectivity index (χ0n) is 12.8. The molecule has 1 aliphatic heterocycles. The van der Waals surface area contributed by atoms with Crippen molar-refractivity contribution < 1.29 is 14.4 Å². The second kappa shape index (κ2) is 6.93. The van der Waals surface area contributed by atoms with Gasteiger partial charge in [0.05, 0.1) is 11.2 Å². The van der Waals surface area contributed by atoms with E-state index in [1.807, 2.05) is 6.07 Å². The van der Waals surface area contributed by atoms with Crippen LogP contribution in [0.25, 0.3) is 0 Å². The molecule has 23 heavy (non-hydrogen) atoms. The Morgan fingerprint density at radius 1 is 1.39 bits per heavy atom. The molecule has 1 aromatic heterocycles. The smallest absolute Gasteiger partial charge is 0.269 e. The number of rotatable bonds is 6. The van der Waals surface area contributed by atoms with Crippen molar-refractivity contribution >= 4 is 5.69 Å². The van der Waals surface area contributed by atoms with Gasteiger partial charge < -0.3 is 9.52 Å². The molecule has 1 saturated heterocycles. The summed E-state index contributed by atoms with van der Waals surface area (Å²) in [7, 11) is 0. The van der Waals surface area contributed by atoms with Gasteiger partial charge in [-0.2, -0.15) is 0 Å². The summed E-state index contributed by atoms with van der Waals surface area (Å²) in [6.45, 7) is 1.61. The number of nitro benzene ring substituents is 1. The highest BCUT2D eigenvalue weighted by Crippen LogP contribution is 2.29. The molecule has 0 aliphatic carbocycles. The molecule has 0 saturated carbocycles. The third kappa shape index (κ3) is 3.78. The number of non-ortho nitro benzene ring substituents is 1. The van der Waals surface area contributed by atoms with Crippen LogP contribution in [0.2, 0.25) is 0 Å². The molecule has 2 aromatic rings. The van der Waals surface area contributed by atoms with E-state index in [2.05, 4.69) is 4.90 Å². The molecule has 6 heteroatoms. The lowest BCUT2D eigenvalue weighted by molar-refractivity contribution is -0.384. The minimum Gasteiger partial charge on any atom is -0.467 e. The fraction of sp³-hybridized carbons (Fsp3) is 0.412. The minimum absolute atomic E-state index is 0.119. The third-order valence-electron chi connectivity index (χ3n) is 4.37. The van der Waals surface area contributed by atoms with Gasteiger partial charge in [-0.05, 0) is 43.5 Å². The van der Waals surface area contributed by atoms with Gasteiger partial charge in [-0.3, -0.25) is 15.0 Å². The molecule has 1 fully saturated rings. The maximum absolute atomic E-state index is 10.9. The zero-order chi connectivity index (χ0) is 16.2. The molecular weight excluding hydrogens is 296 g/mol. The van der Waals surface area contributed by atoms with Gasteiger partial charge >= 0.3 is 0 Å². The molecule has 2 atom stereocenters. The topological polar surface area (TPSA) is 79.8 Å². The molecule has 0 radical (unpaired) electrons. The molecule has 0 amide bonds. The molecule has 3 rings (SSSR count). The van der Waals surface area contributed by atoms with Crippen molar-refractivity contribution in [2.75, 3.05) is 6.54 Å². The fourth-order valence-corrected chi connectivity index (χ4v) is 3.23. The highest BCUT2D eigenvalue weighted by molar-refractivity contribution is 5.34. The van der Waals surface area contributed by atoms with Crippen molar-refractivity contribution in [1.29, 1.82) is 0 Å². The average molecular weight is 316 g/mol. The van der Waals surface area contributed by atoms with E-state index in [4.69, 9.17) is 4.42 Å². The summed E-state index contributed by atoms with van der Waals surface area (Å²) in [6, 6.07) is 10.6. The number of aliphatic hydroxyl groups is 1. The summed E-state index contributed by atoms with van der Waals surface area (Å²) in [5.41, 5.74) is 1.05. The van der Waals surface area contributed by atoms with E-state index in [9.17, 15) is 15.2 Å². The number of nitro groups is 1. The second-order valence-electron chi connectivity index (χ2n) is 5.96. The van der Waals surface area contributed by atoms with Crippen LogP contribution in [0.5, 0.6) is 0 Å². The molecule has 0 spiro atoms. The number of aliphatic hydroxyl groups excluding tert-OH is 1. The van der Waals surface area contributed by atoms with E-state index < -0.39 is 6.10 Å². The first kappa shape index (κ1) is 15.7. The highest BCUT2D eigenvalue weighted by atomic mass is 16.6. The van der Waals surface area contributed by atoms with Gasteiger partial charge in [-0.1, -0.05) is 12.1 Å². The van der Waals surface area contributed by atoms with Crippen LogP contribution < -0.4 is 0 Å². The van der Waals surface area contributed by atoms with Gasteiger partial charge in [0.25, 0.3) is 5.69 Å². The van der Waals surface area contributed by atoms with E-state index >= 15 is 0 Å². The first-order valence-electron chi connectivity index (χ1n) is 7.82. The van der Waals surface area contributed by atoms with Crippen LogP contribution in [0.1, 0.15) is 36.7 Å². The van der Waals surface area contributed by atoms with Crippen molar-refractivity contribution in [3.63, 3.8) is 0 Å². The normalized spacial score (nSPS) is 19.8. The van der Waals surface area contributed by atoms with E-state index in [1.165, 1.54) is 6.07 Å². The Bertz CT molecular complexity index is 656. The Morgan fingerprint density at radius 2 is 2.26 bits per heavy atom. The Labute approximate surface area is 134 Å². The van der Waals surface area contributed by atoms with Crippen molar-refractivity contribution in [2.24, 2.45) is 0 Å². The van der Waals surface area contributed by atoms with Crippen LogP contribution in [0.3, 0.4) is 0 Å². The second-order valence-corrected chi connectivity index (χ2v) is 5.96. The first-order valence-corrected chi connectivity index (χ1v) is 7.82. The molecule has 122 valence electrons. The Kier molecular flexibility index (Phi) is 4.73. The molecular formula is C17H20N2O4. The summed E-state index contributed by atoms with van der Waals surface area (Å²) >= 11 is 0. The first-order chi connectivity index (χ1) is 11.1. The van der Waals surface area contributed by atoms with Gasteiger partial charge in [0, 0.05) is 24.7 Å². The summed E-state index contributed by atoms with van der Waals surface area (Å²) < 4.78 is 5.26. The van der Waals surface area contributed by atoms with Crippen molar-refractivity contribution in [3.05, 3.63) is 64.1 Å². The predicted octanol–water partition coefficient (Wildman–Crippen LogP) is 3.28. The lowest BCUT2D eigenvalue weighted by Crippen LogP contribution is -2.30. The Morgan fingerprint density at radius 3 is 3.00 bits per heavy atom. The highest BCUT2D eigenvalue weighted by Gasteiger charge is 2.28. The fourth-order valence-electron chi connectivity index (χ4n) is 3.23. The number of furan rings is 1. The van der Waals surface area contributed by atoms with Crippen molar-refractivity contribution in [1.82, 2.24) is 4.90 Å². The van der Waals surface area contributed by atoms with Crippen LogP contribution in [0.4, 0.5) is 5.69 Å². The van der Waals surface area contributed by atoms with Crippen molar-refractivity contribution in [3.8, 4) is 0 Å². The molecule has 0 bridgehead atoms. The van der Waals surface area contributed by atoms with E-state index in [0.29, 0.717) is 18.7 Å². The SMILES string of the molecule is O=[N+]([O-])c1cccc(CN2CCCC2CC(O)c2ccco2)c1. The zero-order valence-corrected chi connectivity index (χ0v) is 12.8. The summed E-state index contributed by atoms with van der Waals surface area (Å²) in [5.74, 6) is 0.590. The van der Waals surface area contributed by atoms with E-state index in [0.717, 1.165) is 24.9 Å². The Hall–Kier alpha value is -2.18. The van der Waals surface area contributed by atoms with Gasteiger partial charge in [-0.25, -0.2) is 0 Å². The van der Waals surface area contributed by atoms with Crippen LogP contribution >= 0.6 is 0 Å². The largest absolute Gasteiger partial charge is 0.467 e. The molecule has 1 aromatic carbocycles. The number of benzene rings is 1. The standard InChI is InChI=1S/C17H20N2O4/c20-16(17-7-3-9-23-17)11-14-6-2-8-18(14)12-13-4-1-5-15(10-13)19(21)22/h1,3-5,7,9-10,14,16,20H,2,6,8,11-12H2. The molecule has 2 unspecified atom stereocenters. The monoisotopic (exact) mass is 316 g/mol.